The second-order valence-electron chi connectivity index (χ2n) is 4.41. The zero-order valence-corrected chi connectivity index (χ0v) is 11.8. The zero-order valence-electron chi connectivity index (χ0n) is 11.0. The molecule has 6 nitrogen and oxygen atoms in total. The van der Waals surface area contributed by atoms with Crippen LogP contribution >= 0.6 is 11.3 Å². The molecule has 0 radical (unpaired) electrons. The van der Waals surface area contributed by atoms with Crippen molar-refractivity contribution >= 4 is 27.8 Å². The van der Waals surface area contributed by atoms with Gasteiger partial charge in [0.15, 0.2) is 11.5 Å². The first-order valence-electron chi connectivity index (χ1n) is 6.09. The normalized spacial score (nSPS) is 11.5. The first-order chi connectivity index (χ1) is 10.1. The minimum Gasteiger partial charge on any atom is -0.504 e. The Labute approximate surface area is 123 Å². The summed E-state index contributed by atoms with van der Waals surface area (Å²) in [6.07, 6.45) is 1.42. The molecule has 0 atom stereocenters. The summed E-state index contributed by atoms with van der Waals surface area (Å²) < 4.78 is 1.21. The highest BCUT2D eigenvalue weighted by Crippen LogP contribution is 2.24. The maximum atomic E-state index is 12.3. The third kappa shape index (κ3) is 2.38. The maximum absolute atomic E-state index is 12.3. The van der Waals surface area contributed by atoms with E-state index >= 15 is 0 Å². The molecule has 0 saturated carbocycles. The Hall–Kier alpha value is -2.67. The minimum atomic E-state index is -0.241. The Morgan fingerprint density at radius 2 is 2.10 bits per heavy atom. The summed E-state index contributed by atoms with van der Waals surface area (Å²) in [5, 5.41) is 25.1. The molecule has 0 spiro atoms. The Morgan fingerprint density at radius 1 is 1.29 bits per heavy atom. The Morgan fingerprint density at radius 3 is 2.86 bits per heavy atom. The lowest BCUT2D eigenvalue weighted by Gasteiger charge is -2.03. The molecule has 1 aromatic carbocycles. The average molecular weight is 301 g/mol. The minimum absolute atomic E-state index is 0.207. The van der Waals surface area contributed by atoms with Crippen LogP contribution in [0.25, 0.3) is 10.2 Å². The Kier molecular flexibility index (Phi) is 3.19. The van der Waals surface area contributed by atoms with Gasteiger partial charge in [-0.05, 0) is 42.1 Å². The SMILES string of the molecule is Cc1nc2sccc2c(=O)n1/N=C/c1ccc(O)c(O)c1. The first-order valence-corrected chi connectivity index (χ1v) is 6.97. The lowest BCUT2D eigenvalue weighted by Crippen LogP contribution is -2.19. The number of hydrogen-bond donors (Lipinski definition) is 2. The molecule has 106 valence electrons. The van der Waals surface area contributed by atoms with Crippen LogP contribution in [-0.2, 0) is 0 Å². The number of hydrogen-bond acceptors (Lipinski definition) is 6. The molecule has 0 unspecified atom stereocenters. The van der Waals surface area contributed by atoms with E-state index in [2.05, 4.69) is 10.1 Å². The highest BCUT2D eigenvalue weighted by Gasteiger charge is 2.08. The third-order valence-electron chi connectivity index (χ3n) is 2.96. The molecule has 0 aliphatic rings. The van der Waals surface area contributed by atoms with Crippen molar-refractivity contribution in [3.8, 4) is 11.5 Å². The smallest absolute Gasteiger partial charge is 0.282 e. The highest BCUT2D eigenvalue weighted by molar-refractivity contribution is 7.16. The molecule has 2 N–H and O–H groups in total. The molecule has 7 heteroatoms. The second-order valence-corrected chi connectivity index (χ2v) is 5.30. The fourth-order valence-electron chi connectivity index (χ4n) is 1.89. The largest absolute Gasteiger partial charge is 0.504 e. The van der Waals surface area contributed by atoms with Gasteiger partial charge in [0, 0.05) is 0 Å². The van der Waals surface area contributed by atoms with E-state index in [1.807, 2.05) is 5.38 Å². The highest BCUT2D eigenvalue weighted by atomic mass is 32.1. The standard InChI is InChI=1S/C14H11N3O3S/c1-8-16-13-10(4-5-21-13)14(20)17(8)15-7-9-2-3-11(18)12(19)6-9/h2-7,18-19H,1H3/b15-7+. The lowest BCUT2D eigenvalue weighted by atomic mass is 10.2. The van der Waals surface area contributed by atoms with E-state index in [0.29, 0.717) is 21.6 Å². The van der Waals surface area contributed by atoms with E-state index in [4.69, 9.17) is 0 Å². The van der Waals surface area contributed by atoms with Crippen molar-refractivity contribution in [2.75, 3.05) is 0 Å². The van der Waals surface area contributed by atoms with Gasteiger partial charge in [0.1, 0.15) is 10.7 Å². The van der Waals surface area contributed by atoms with Gasteiger partial charge >= 0.3 is 0 Å². The van der Waals surface area contributed by atoms with Crippen LogP contribution in [0.1, 0.15) is 11.4 Å². The number of fused-ring (bicyclic) bond motifs is 1. The van der Waals surface area contributed by atoms with Crippen molar-refractivity contribution in [3.05, 3.63) is 51.4 Å². The third-order valence-corrected chi connectivity index (χ3v) is 3.77. The van der Waals surface area contributed by atoms with Gasteiger partial charge < -0.3 is 10.2 Å². The van der Waals surface area contributed by atoms with E-state index < -0.39 is 0 Å². The summed E-state index contributed by atoms with van der Waals surface area (Å²) >= 11 is 1.41. The fraction of sp³-hybridized carbons (Fsp3) is 0.0714. The van der Waals surface area contributed by atoms with Crippen LogP contribution in [0.15, 0.2) is 39.5 Å². The summed E-state index contributed by atoms with van der Waals surface area (Å²) in [4.78, 5) is 17.3. The monoisotopic (exact) mass is 301 g/mol. The fourth-order valence-corrected chi connectivity index (χ4v) is 2.69. The number of aryl methyl sites for hydroxylation is 1. The summed E-state index contributed by atoms with van der Waals surface area (Å²) in [6.45, 7) is 1.70. The number of aromatic nitrogens is 2. The second kappa shape index (κ2) is 5.02. The van der Waals surface area contributed by atoms with Crippen molar-refractivity contribution < 1.29 is 10.2 Å². The first kappa shape index (κ1) is 13.3. The van der Waals surface area contributed by atoms with E-state index in [1.54, 1.807) is 19.1 Å². The molecule has 0 bridgehead atoms. The summed E-state index contributed by atoms with van der Waals surface area (Å²) in [5.74, 6) is 0.0329. The zero-order chi connectivity index (χ0) is 15.0. The van der Waals surface area contributed by atoms with Gasteiger partial charge in [0.05, 0.1) is 11.6 Å². The number of thiophene rings is 1. The predicted octanol–water partition coefficient (Wildman–Crippen LogP) is 2.06. The van der Waals surface area contributed by atoms with Gasteiger partial charge in [-0.25, -0.2) is 4.98 Å². The molecule has 21 heavy (non-hydrogen) atoms. The van der Waals surface area contributed by atoms with Crippen LogP contribution in [0, 0.1) is 6.92 Å². The number of phenols is 2. The van der Waals surface area contributed by atoms with Crippen molar-refractivity contribution in [2.45, 2.75) is 6.92 Å². The van der Waals surface area contributed by atoms with E-state index in [9.17, 15) is 15.0 Å². The number of aromatic hydroxyl groups is 2. The molecule has 0 aliphatic carbocycles. The number of benzene rings is 1. The van der Waals surface area contributed by atoms with Gasteiger partial charge in [-0.2, -0.15) is 9.78 Å². The van der Waals surface area contributed by atoms with Gasteiger partial charge in [0.25, 0.3) is 5.56 Å². The van der Waals surface area contributed by atoms with Crippen LogP contribution in [0.5, 0.6) is 11.5 Å². The molecule has 0 amide bonds. The molecule has 3 aromatic rings. The topological polar surface area (TPSA) is 87.7 Å². The summed E-state index contributed by atoms with van der Waals surface area (Å²) in [5.41, 5.74) is 0.319. The van der Waals surface area contributed by atoms with Crippen molar-refractivity contribution in [2.24, 2.45) is 5.10 Å². The summed E-state index contributed by atoms with van der Waals surface area (Å²) in [6, 6.07) is 6.01. The molecule has 2 heterocycles. The molecule has 0 fully saturated rings. The van der Waals surface area contributed by atoms with Crippen LogP contribution in [-0.4, -0.2) is 26.1 Å². The van der Waals surface area contributed by atoms with Gasteiger partial charge in [-0.3, -0.25) is 4.79 Å². The molecule has 2 aromatic heterocycles. The summed E-state index contributed by atoms with van der Waals surface area (Å²) in [7, 11) is 0. The van der Waals surface area contributed by atoms with Gasteiger partial charge in [-0.1, -0.05) is 0 Å². The van der Waals surface area contributed by atoms with Gasteiger partial charge in [0.2, 0.25) is 0 Å². The van der Waals surface area contributed by atoms with E-state index in [-0.39, 0.29) is 17.1 Å². The van der Waals surface area contributed by atoms with E-state index in [0.717, 1.165) is 0 Å². The van der Waals surface area contributed by atoms with E-state index in [1.165, 1.54) is 34.4 Å². The Bertz CT molecular complexity index is 911. The van der Waals surface area contributed by atoms with Crippen LogP contribution in [0.2, 0.25) is 0 Å². The predicted molar refractivity (Wildman–Crippen MR) is 81.4 cm³/mol. The molecular weight excluding hydrogens is 290 g/mol. The maximum Gasteiger partial charge on any atom is 0.282 e. The van der Waals surface area contributed by atoms with Crippen molar-refractivity contribution in [1.29, 1.82) is 0 Å². The van der Waals surface area contributed by atoms with Crippen LogP contribution in [0.3, 0.4) is 0 Å². The van der Waals surface area contributed by atoms with Crippen LogP contribution in [0.4, 0.5) is 0 Å². The van der Waals surface area contributed by atoms with Crippen molar-refractivity contribution in [1.82, 2.24) is 9.66 Å². The molecule has 0 saturated heterocycles. The molecule has 0 aliphatic heterocycles. The van der Waals surface area contributed by atoms with Gasteiger partial charge in [-0.15, -0.1) is 11.3 Å². The van der Waals surface area contributed by atoms with Crippen molar-refractivity contribution in [3.63, 3.8) is 0 Å². The Balaban J connectivity index is 2.06. The number of nitrogens with zero attached hydrogens (tertiary/aromatic N) is 3. The number of phenolic OH excluding ortho intramolecular Hbond substituents is 2. The molecule has 3 rings (SSSR count). The average Bonchev–Trinajstić information content (AvgIpc) is 2.90. The number of rotatable bonds is 2. The lowest BCUT2D eigenvalue weighted by molar-refractivity contribution is 0.403. The quantitative estimate of drug-likeness (QED) is 0.560. The molecular formula is C14H11N3O3S. The van der Waals surface area contributed by atoms with Crippen LogP contribution < -0.4 is 5.56 Å².